The fourth-order valence-electron chi connectivity index (χ4n) is 2.30. The van der Waals surface area contributed by atoms with Gasteiger partial charge in [-0.25, -0.2) is 0 Å². The van der Waals surface area contributed by atoms with Crippen molar-refractivity contribution in [2.24, 2.45) is 5.10 Å². The summed E-state index contributed by atoms with van der Waals surface area (Å²) in [7, 11) is 0. The Hall–Kier alpha value is -2.11. The number of carbonyl (C=O) groups is 2. The van der Waals surface area contributed by atoms with Crippen LogP contribution >= 0.6 is 23.4 Å². The zero-order valence-corrected chi connectivity index (χ0v) is 14.1. The van der Waals surface area contributed by atoms with Crippen molar-refractivity contribution in [1.82, 2.24) is 0 Å². The van der Waals surface area contributed by atoms with Gasteiger partial charge in [0.15, 0.2) is 5.04 Å². The molecule has 6 heteroatoms. The summed E-state index contributed by atoms with van der Waals surface area (Å²) >= 11 is 7.43. The van der Waals surface area contributed by atoms with Gasteiger partial charge in [-0.3, -0.25) is 9.59 Å². The maximum absolute atomic E-state index is 12.5. The highest BCUT2D eigenvalue weighted by molar-refractivity contribution is 8.16. The van der Waals surface area contributed by atoms with Crippen molar-refractivity contribution in [3.8, 4) is 0 Å². The van der Waals surface area contributed by atoms with Crippen LogP contribution in [-0.2, 0) is 4.79 Å². The van der Waals surface area contributed by atoms with Crippen molar-refractivity contribution < 1.29 is 9.59 Å². The number of para-hydroxylation sites is 1. The van der Waals surface area contributed by atoms with Gasteiger partial charge in [0, 0.05) is 17.4 Å². The molecule has 2 aromatic rings. The lowest BCUT2D eigenvalue weighted by Crippen LogP contribution is -2.25. The highest BCUT2D eigenvalue weighted by Gasteiger charge is 2.30. The SMILES string of the molecule is CC(=O)N(N=C1Sc2c(C)cccc2C1=O)c1ccccc1Cl. The molecule has 1 aliphatic heterocycles. The summed E-state index contributed by atoms with van der Waals surface area (Å²) in [5, 5.41) is 6.11. The lowest BCUT2D eigenvalue weighted by Gasteiger charge is -2.16. The number of nitrogens with zero attached hydrogens (tertiary/aromatic N) is 2. The molecule has 0 bridgehead atoms. The fraction of sp³-hybridized carbons (Fsp3) is 0.118. The van der Waals surface area contributed by atoms with Gasteiger partial charge in [-0.05, 0) is 30.7 Å². The van der Waals surface area contributed by atoms with E-state index in [1.54, 1.807) is 30.3 Å². The van der Waals surface area contributed by atoms with Gasteiger partial charge in [0.25, 0.3) is 0 Å². The molecule has 0 spiro atoms. The van der Waals surface area contributed by atoms with E-state index in [2.05, 4.69) is 5.10 Å². The second-order valence-corrected chi connectivity index (χ2v) is 6.48. The number of benzene rings is 2. The third kappa shape index (κ3) is 2.90. The molecule has 3 rings (SSSR count). The Morgan fingerprint density at radius 3 is 2.57 bits per heavy atom. The third-order valence-electron chi connectivity index (χ3n) is 3.42. The number of amides is 1. The summed E-state index contributed by atoms with van der Waals surface area (Å²) < 4.78 is 0. The molecular formula is C17H13ClN2O2S. The lowest BCUT2D eigenvalue weighted by atomic mass is 10.1. The Kier molecular flexibility index (Phi) is 4.24. The van der Waals surface area contributed by atoms with Crippen LogP contribution in [0.25, 0.3) is 0 Å². The van der Waals surface area contributed by atoms with Crippen molar-refractivity contribution in [2.75, 3.05) is 5.01 Å². The molecule has 0 saturated carbocycles. The van der Waals surface area contributed by atoms with E-state index in [1.807, 2.05) is 19.1 Å². The van der Waals surface area contributed by atoms with Crippen LogP contribution in [0.2, 0.25) is 5.02 Å². The van der Waals surface area contributed by atoms with Crippen LogP contribution in [0.4, 0.5) is 5.69 Å². The van der Waals surface area contributed by atoms with Gasteiger partial charge >= 0.3 is 0 Å². The minimum absolute atomic E-state index is 0.174. The summed E-state index contributed by atoms with van der Waals surface area (Å²) in [5.74, 6) is -0.487. The number of thioether (sulfide) groups is 1. The standard InChI is InChI=1S/C17H13ClN2O2S/c1-10-6-5-7-12-15(22)17(23-16(10)12)19-20(11(2)21)14-9-4-3-8-13(14)18/h3-9H,1-2H3. The molecule has 1 heterocycles. The second-order valence-electron chi connectivity index (χ2n) is 5.07. The minimum Gasteiger partial charge on any atom is -0.286 e. The number of aryl methyl sites for hydroxylation is 1. The first-order valence-electron chi connectivity index (χ1n) is 6.95. The van der Waals surface area contributed by atoms with E-state index in [0.717, 1.165) is 10.5 Å². The number of fused-ring (bicyclic) bond motifs is 1. The van der Waals surface area contributed by atoms with E-state index in [-0.39, 0.29) is 16.7 Å². The predicted molar refractivity (Wildman–Crippen MR) is 93.4 cm³/mol. The fourth-order valence-corrected chi connectivity index (χ4v) is 3.53. The number of hydrogen-bond acceptors (Lipinski definition) is 4. The van der Waals surface area contributed by atoms with Crippen LogP contribution < -0.4 is 5.01 Å². The summed E-state index contributed by atoms with van der Waals surface area (Å²) in [4.78, 5) is 25.4. The highest BCUT2D eigenvalue weighted by atomic mass is 35.5. The van der Waals surface area contributed by atoms with Gasteiger partial charge in [0.1, 0.15) is 0 Å². The van der Waals surface area contributed by atoms with Gasteiger partial charge in [-0.15, -0.1) is 0 Å². The van der Waals surface area contributed by atoms with Crippen molar-refractivity contribution in [1.29, 1.82) is 0 Å². The first-order valence-corrected chi connectivity index (χ1v) is 8.14. The molecule has 0 saturated heterocycles. The van der Waals surface area contributed by atoms with E-state index < -0.39 is 0 Å². The quantitative estimate of drug-likeness (QED) is 0.763. The van der Waals surface area contributed by atoms with Crippen molar-refractivity contribution in [3.05, 3.63) is 58.6 Å². The van der Waals surface area contributed by atoms with Crippen LogP contribution in [0.15, 0.2) is 52.5 Å². The average molecular weight is 345 g/mol. The largest absolute Gasteiger partial charge is 0.286 e. The second kappa shape index (κ2) is 6.18. The summed E-state index contributed by atoms with van der Waals surface area (Å²) in [6.45, 7) is 3.33. The molecule has 0 unspecified atom stereocenters. The predicted octanol–water partition coefficient (Wildman–Crippen LogP) is 4.30. The Balaban J connectivity index is 2.04. The zero-order valence-electron chi connectivity index (χ0n) is 12.5. The summed E-state index contributed by atoms with van der Waals surface area (Å²) in [6.07, 6.45) is 0. The number of ketones is 1. The van der Waals surface area contributed by atoms with Crippen LogP contribution in [0.1, 0.15) is 22.8 Å². The lowest BCUT2D eigenvalue weighted by molar-refractivity contribution is -0.116. The highest BCUT2D eigenvalue weighted by Crippen LogP contribution is 2.37. The van der Waals surface area contributed by atoms with Gasteiger partial charge in [-0.2, -0.15) is 10.1 Å². The van der Waals surface area contributed by atoms with Gasteiger partial charge in [-0.1, -0.05) is 47.6 Å². The number of Topliss-reactive ketones (excluding diaryl/α,β-unsaturated/α-hetero) is 1. The van der Waals surface area contributed by atoms with E-state index in [9.17, 15) is 9.59 Å². The number of halogens is 1. The average Bonchev–Trinajstić information content (AvgIpc) is 2.84. The first kappa shape index (κ1) is 15.8. The summed E-state index contributed by atoms with van der Waals surface area (Å²) in [6, 6.07) is 12.5. The number of rotatable bonds is 2. The Bertz CT molecular complexity index is 848. The molecule has 116 valence electrons. The third-order valence-corrected chi connectivity index (χ3v) is 4.95. The van der Waals surface area contributed by atoms with E-state index in [0.29, 0.717) is 16.3 Å². The van der Waals surface area contributed by atoms with E-state index >= 15 is 0 Å². The molecule has 1 aliphatic rings. The van der Waals surface area contributed by atoms with Crippen LogP contribution in [0.3, 0.4) is 0 Å². The van der Waals surface area contributed by atoms with Crippen LogP contribution in [0.5, 0.6) is 0 Å². The maximum atomic E-state index is 12.5. The molecular weight excluding hydrogens is 332 g/mol. The maximum Gasteiger partial charge on any atom is 0.244 e. The molecule has 0 N–H and O–H groups in total. The summed E-state index contributed by atoms with van der Waals surface area (Å²) in [5.41, 5.74) is 2.09. The topological polar surface area (TPSA) is 49.7 Å². The molecule has 0 atom stereocenters. The minimum atomic E-state index is -0.313. The zero-order chi connectivity index (χ0) is 16.6. The Morgan fingerprint density at radius 2 is 1.91 bits per heavy atom. The number of carbonyl (C=O) groups excluding carboxylic acids is 2. The molecule has 4 nitrogen and oxygen atoms in total. The molecule has 0 aliphatic carbocycles. The molecule has 0 fully saturated rings. The van der Waals surface area contributed by atoms with Gasteiger partial charge < -0.3 is 0 Å². The first-order chi connectivity index (χ1) is 11.0. The van der Waals surface area contributed by atoms with E-state index in [1.165, 1.54) is 23.7 Å². The molecule has 0 aromatic heterocycles. The Labute approximate surface area is 143 Å². The van der Waals surface area contributed by atoms with Crippen LogP contribution in [0, 0.1) is 6.92 Å². The number of hydrazone groups is 1. The smallest absolute Gasteiger partial charge is 0.244 e. The van der Waals surface area contributed by atoms with Crippen molar-refractivity contribution in [2.45, 2.75) is 18.7 Å². The van der Waals surface area contributed by atoms with Gasteiger partial charge in [0.2, 0.25) is 11.7 Å². The molecule has 2 aromatic carbocycles. The van der Waals surface area contributed by atoms with Gasteiger partial charge in [0.05, 0.1) is 10.7 Å². The monoisotopic (exact) mass is 344 g/mol. The van der Waals surface area contributed by atoms with Crippen molar-refractivity contribution in [3.63, 3.8) is 0 Å². The number of hydrogen-bond donors (Lipinski definition) is 0. The number of anilines is 1. The van der Waals surface area contributed by atoms with E-state index in [4.69, 9.17) is 11.6 Å². The molecule has 23 heavy (non-hydrogen) atoms. The Morgan fingerprint density at radius 1 is 1.17 bits per heavy atom. The normalized spacial score (nSPS) is 14.9. The van der Waals surface area contributed by atoms with Crippen molar-refractivity contribution >= 4 is 45.8 Å². The van der Waals surface area contributed by atoms with Crippen LogP contribution in [-0.4, -0.2) is 16.7 Å². The molecule has 1 amide bonds. The molecule has 0 radical (unpaired) electrons.